The Morgan fingerprint density at radius 2 is 1.80 bits per heavy atom. The number of nitrogens with zero attached hydrogens (tertiary/aromatic N) is 3. The summed E-state index contributed by atoms with van der Waals surface area (Å²) in [7, 11) is 3.16. The van der Waals surface area contributed by atoms with Gasteiger partial charge < -0.3 is 14.8 Å². The van der Waals surface area contributed by atoms with E-state index in [2.05, 4.69) is 15.4 Å². The number of benzene rings is 1. The van der Waals surface area contributed by atoms with Crippen LogP contribution in [0.5, 0.6) is 11.6 Å². The molecule has 0 saturated heterocycles. The number of pyridine rings is 1. The first-order chi connectivity index (χ1) is 12.1. The first-order valence-electron chi connectivity index (χ1n) is 7.64. The van der Waals surface area contributed by atoms with Gasteiger partial charge in [0.1, 0.15) is 5.75 Å². The second kappa shape index (κ2) is 7.04. The quantitative estimate of drug-likeness (QED) is 0.774. The Labute approximate surface area is 145 Å². The molecule has 2 aromatic heterocycles. The van der Waals surface area contributed by atoms with Crippen molar-refractivity contribution in [1.82, 2.24) is 14.8 Å². The fourth-order valence-corrected chi connectivity index (χ4v) is 2.29. The Morgan fingerprint density at radius 3 is 2.44 bits per heavy atom. The number of amides is 1. The number of aromatic nitrogens is 3. The summed E-state index contributed by atoms with van der Waals surface area (Å²) in [5.41, 5.74) is 2.43. The summed E-state index contributed by atoms with van der Waals surface area (Å²) >= 11 is 0. The van der Waals surface area contributed by atoms with Crippen molar-refractivity contribution in [2.75, 3.05) is 19.5 Å². The minimum absolute atomic E-state index is 0.303. The zero-order chi connectivity index (χ0) is 17.8. The van der Waals surface area contributed by atoms with Crippen LogP contribution in [0.3, 0.4) is 0 Å². The SMILES string of the molecule is COc1ccc(-n2ccc(C(=O)Nc3ccc(OC)nc3C)n2)cc1. The van der Waals surface area contributed by atoms with Gasteiger partial charge in [0.15, 0.2) is 5.69 Å². The van der Waals surface area contributed by atoms with Gasteiger partial charge in [-0.15, -0.1) is 0 Å². The minimum atomic E-state index is -0.303. The van der Waals surface area contributed by atoms with Crippen molar-refractivity contribution in [3.63, 3.8) is 0 Å². The zero-order valence-electron chi connectivity index (χ0n) is 14.2. The molecule has 0 spiro atoms. The molecule has 0 aliphatic rings. The number of hydrogen-bond donors (Lipinski definition) is 1. The smallest absolute Gasteiger partial charge is 0.276 e. The van der Waals surface area contributed by atoms with Crippen molar-refractivity contribution < 1.29 is 14.3 Å². The van der Waals surface area contributed by atoms with E-state index in [1.165, 1.54) is 0 Å². The lowest BCUT2D eigenvalue weighted by atomic mass is 10.3. The maximum atomic E-state index is 12.4. The standard InChI is InChI=1S/C18H18N4O3/c1-12-15(8-9-17(19-12)25-3)20-18(23)16-10-11-22(21-16)13-4-6-14(24-2)7-5-13/h4-11H,1-3H3,(H,20,23). The van der Waals surface area contributed by atoms with Gasteiger partial charge >= 0.3 is 0 Å². The van der Waals surface area contributed by atoms with Crippen molar-refractivity contribution in [3.8, 4) is 17.3 Å². The normalized spacial score (nSPS) is 10.4. The number of carbonyl (C=O) groups excluding carboxylic acids is 1. The Balaban J connectivity index is 1.76. The molecule has 3 aromatic rings. The summed E-state index contributed by atoms with van der Waals surface area (Å²) in [5, 5.41) is 7.12. The number of anilines is 1. The minimum Gasteiger partial charge on any atom is -0.497 e. The van der Waals surface area contributed by atoms with E-state index in [4.69, 9.17) is 9.47 Å². The largest absolute Gasteiger partial charge is 0.497 e. The molecule has 0 aliphatic heterocycles. The van der Waals surface area contributed by atoms with Gasteiger partial charge in [0, 0.05) is 12.3 Å². The lowest BCUT2D eigenvalue weighted by molar-refractivity contribution is 0.102. The van der Waals surface area contributed by atoms with Crippen molar-refractivity contribution in [2.24, 2.45) is 0 Å². The molecule has 128 valence electrons. The predicted molar refractivity (Wildman–Crippen MR) is 93.6 cm³/mol. The third-order valence-electron chi connectivity index (χ3n) is 3.68. The molecule has 0 atom stereocenters. The molecule has 7 nitrogen and oxygen atoms in total. The van der Waals surface area contributed by atoms with E-state index in [1.54, 1.807) is 50.2 Å². The topological polar surface area (TPSA) is 78.3 Å². The lowest BCUT2D eigenvalue weighted by Crippen LogP contribution is -2.14. The number of aryl methyl sites for hydroxylation is 1. The maximum absolute atomic E-state index is 12.4. The lowest BCUT2D eigenvalue weighted by Gasteiger charge is -2.08. The van der Waals surface area contributed by atoms with Gasteiger partial charge in [-0.2, -0.15) is 5.10 Å². The Hall–Kier alpha value is -3.35. The first kappa shape index (κ1) is 16.5. The maximum Gasteiger partial charge on any atom is 0.276 e. The number of ether oxygens (including phenoxy) is 2. The second-order valence-corrected chi connectivity index (χ2v) is 5.28. The zero-order valence-corrected chi connectivity index (χ0v) is 14.2. The third kappa shape index (κ3) is 3.60. The molecule has 25 heavy (non-hydrogen) atoms. The van der Waals surface area contributed by atoms with Crippen LogP contribution >= 0.6 is 0 Å². The van der Waals surface area contributed by atoms with E-state index >= 15 is 0 Å². The first-order valence-corrected chi connectivity index (χ1v) is 7.64. The molecule has 1 aromatic carbocycles. The molecule has 0 unspecified atom stereocenters. The van der Waals surface area contributed by atoms with Crippen molar-refractivity contribution >= 4 is 11.6 Å². The molecule has 3 rings (SSSR count). The molecule has 0 fully saturated rings. The average Bonchev–Trinajstić information content (AvgIpc) is 3.13. The van der Waals surface area contributed by atoms with Crippen LogP contribution in [-0.4, -0.2) is 34.9 Å². The average molecular weight is 338 g/mol. The number of carbonyl (C=O) groups is 1. The summed E-state index contributed by atoms with van der Waals surface area (Å²) in [6.45, 7) is 1.80. The number of rotatable bonds is 5. The molecule has 0 radical (unpaired) electrons. The molecule has 0 bridgehead atoms. The Morgan fingerprint density at radius 1 is 1.04 bits per heavy atom. The van der Waals surface area contributed by atoms with Crippen LogP contribution in [0.2, 0.25) is 0 Å². The van der Waals surface area contributed by atoms with E-state index in [0.29, 0.717) is 23.0 Å². The highest BCUT2D eigenvalue weighted by atomic mass is 16.5. The second-order valence-electron chi connectivity index (χ2n) is 5.28. The number of methoxy groups -OCH3 is 2. The summed E-state index contributed by atoms with van der Waals surface area (Å²) in [4.78, 5) is 16.6. The molecular weight excluding hydrogens is 320 g/mol. The molecular formula is C18H18N4O3. The molecule has 2 heterocycles. The van der Waals surface area contributed by atoms with Crippen LogP contribution in [-0.2, 0) is 0 Å². The molecule has 7 heteroatoms. The molecule has 0 saturated carbocycles. The van der Waals surface area contributed by atoms with Crippen LogP contribution in [0.25, 0.3) is 5.69 Å². The summed E-state index contributed by atoms with van der Waals surface area (Å²) < 4.78 is 11.8. The highest BCUT2D eigenvalue weighted by Gasteiger charge is 2.12. The van der Waals surface area contributed by atoms with Crippen molar-refractivity contribution in [1.29, 1.82) is 0 Å². The van der Waals surface area contributed by atoms with Gasteiger partial charge in [-0.25, -0.2) is 9.67 Å². The molecule has 0 aliphatic carbocycles. The van der Waals surface area contributed by atoms with Crippen molar-refractivity contribution in [3.05, 3.63) is 60.0 Å². The van der Waals surface area contributed by atoms with Gasteiger partial charge in [-0.1, -0.05) is 0 Å². The van der Waals surface area contributed by atoms with Gasteiger partial charge in [0.2, 0.25) is 5.88 Å². The van der Waals surface area contributed by atoms with Crippen LogP contribution in [0.15, 0.2) is 48.7 Å². The fourth-order valence-electron chi connectivity index (χ4n) is 2.29. The van der Waals surface area contributed by atoms with E-state index < -0.39 is 0 Å². The van der Waals surface area contributed by atoms with E-state index in [0.717, 1.165) is 11.4 Å². The Bertz CT molecular complexity index is 888. The van der Waals surface area contributed by atoms with Crippen molar-refractivity contribution in [2.45, 2.75) is 6.92 Å². The van der Waals surface area contributed by atoms with Gasteiger partial charge in [0.05, 0.1) is 31.3 Å². The molecule has 1 N–H and O–H groups in total. The van der Waals surface area contributed by atoms with Gasteiger partial charge in [0.25, 0.3) is 5.91 Å². The highest BCUT2D eigenvalue weighted by Crippen LogP contribution is 2.18. The van der Waals surface area contributed by atoms with E-state index in [1.807, 2.05) is 24.3 Å². The van der Waals surface area contributed by atoms with Gasteiger partial charge in [-0.05, 0) is 43.3 Å². The number of hydrogen-bond acceptors (Lipinski definition) is 5. The predicted octanol–water partition coefficient (Wildman–Crippen LogP) is 2.85. The van der Waals surface area contributed by atoms with E-state index in [-0.39, 0.29) is 5.91 Å². The summed E-state index contributed by atoms with van der Waals surface area (Å²) in [6.07, 6.45) is 1.73. The summed E-state index contributed by atoms with van der Waals surface area (Å²) in [5.74, 6) is 0.956. The third-order valence-corrected chi connectivity index (χ3v) is 3.68. The van der Waals surface area contributed by atoms with Crippen LogP contribution in [0, 0.1) is 6.92 Å². The number of nitrogens with one attached hydrogen (secondary N) is 1. The Kier molecular flexibility index (Phi) is 4.65. The fraction of sp³-hybridized carbons (Fsp3) is 0.167. The monoisotopic (exact) mass is 338 g/mol. The van der Waals surface area contributed by atoms with Crippen LogP contribution < -0.4 is 14.8 Å². The van der Waals surface area contributed by atoms with Gasteiger partial charge in [-0.3, -0.25) is 4.79 Å². The van der Waals surface area contributed by atoms with Crippen LogP contribution in [0.4, 0.5) is 5.69 Å². The molecule has 1 amide bonds. The van der Waals surface area contributed by atoms with E-state index in [9.17, 15) is 4.79 Å². The highest BCUT2D eigenvalue weighted by molar-refractivity contribution is 6.03. The van der Waals surface area contributed by atoms with Crippen LogP contribution in [0.1, 0.15) is 16.2 Å². The summed E-state index contributed by atoms with van der Waals surface area (Å²) in [6, 6.07) is 12.5.